The molecule has 0 radical (unpaired) electrons. The highest BCUT2D eigenvalue weighted by molar-refractivity contribution is 7.16. The quantitative estimate of drug-likeness (QED) is 0.850. The number of nitrogens with one attached hydrogen (secondary N) is 2. The number of nitrogens with zero attached hydrogens (tertiary/aromatic N) is 1. The highest BCUT2D eigenvalue weighted by atomic mass is 32.1. The Kier molecular flexibility index (Phi) is 4.36. The second-order valence-corrected chi connectivity index (χ2v) is 7.47. The van der Waals surface area contributed by atoms with Crippen molar-refractivity contribution in [1.82, 2.24) is 15.6 Å². The van der Waals surface area contributed by atoms with E-state index in [0.717, 1.165) is 30.6 Å². The third-order valence-electron chi connectivity index (χ3n) is 4.69. The molecule has 2 saturated heterocycles. The van der Waals surface area contributed by atoms with E-state index in [1.54, 1.807) is 6.07 Å². The Morgan fingerprint density at radius 3 is 2.81 bits per heavy atom. The van der Waals surface area contributed by atoms with Crippen molar-refractivity contribution in [1.29, 1.82) is 0 Å². The van der Waals surface area contributed by atoms with E-state index in [0.29, 0.717) is 22.0 Å². The van der Waals surface area contributed by atoms with Crippen LogP contribution in [0.2, 0.25) is 0 Å². The van der Waals surface area contributed by atoms with Gasteiger partial charge >= 0.3 is 6.36 Å². The number of ether oxygens (including phenoxy) is 1. The van der Waals surface area contributed by atoms with Crippen molar-refractivity contribution in [3.05, 3.63) is 35.3 Å². The highest BCUT2D eigenvalue weighted by Gasteiger charge is 2.40. The third-order valence-corrected chi connectivity index (χ3v) is 5.72. The normalized spacial score (nSPS) is 24.7. The molecule has 2 aliphatic heterocycles. The summed E-state index contributed by atoms with van der Waals surface area (Å²) in [5.74, 6) is -0.582. The molecule has 9 heteroatoms. The second-order valence-electron chi connectivity index (χ2n) is 6.44. The smallest absolute Gasteiger partial charge is 0.405 e. The lowest BCUT2D eigenvalue weighted by molar-refractivity contribution is -0.274. The minimum atomic E-state index is -4.79. The Bertz CT molecular complexity index is 824. The summed E-state index contributed by atoms with van der Waals surface area (Å²) >= 11 is 1.05. The van der Waals surface area contributed by atoms with Gasteiger partial charge < -0.3 is 15.4 Å². The number of hydrogen-bond donors (Lipinski definition) is 2. The van der Waals surface area contributed by atoms with Gasteiger partial charge in [0, 0.05) is 18.1 Å². The number of thiazole rings is 1. The Hall–Kier alpha value is -2.13. The molecule has 5 nitrogen and oxygen atoms in total. The summed E-state index contributed by atoms with van der Waals surface area (Å²) in [7, 11) is 0. The van der Waals surface area contributed by atoms with Crippen LogP contribution in [0.5, 0.6) is 5.75 Å². The van der Waals surface area contributed by atoms with Crippen LogP contribution in [0.25, 0.3) is 10.6 Å². The SMILES string of the molecule is O=C(N[C@@H]1C[C@H]2CC[C@@H]1N2)c1cnc(-c2ccccc2OC(F)(F)F)s1. The van der Waals surface area contributed by atoms with E-state index in [2.05, 4.69) is 20.4 Å². The third kappa shape index (κ3) is 3.54. The molecule has 1 aromatic heterocycles. The molecule has 0 unspecified atom stereocenters. The summed E-state index contributed by atoms with van der Waals surface area (Å²) in [5.41, 5.74) is 0.204. The van der Waals surface area contributed by atoms with E-state index < -0.39 is 6.36 Å². The van der Waals surface area contributed by atoms with Crippen molar-refractivity contribution in [3.8, 4) is 16.3 Å². The van der Waals surface area contributed by atoms with E-state index in [1.807, 2.05) is 0 Å². The molecule has 2 N–H and O–H groups in total. The molecule has 3 atom stereocenters. The van der Waals surface area contributed by atoms with Gasteiger partial charge in [0.2, 0.25) is 0 Å². The number of benzene rings is 1. The van der Waals surface area contributed by atoms with E-state index >= 15 is 0 Å². The van der Waals surface area contributed by atoms with Crippen LogP contribution < -0.4 is 15.4 Å². The predicted molar refractivity (Wildman–Crippen MR) is 90.0 cm³/mol. The average molecular weight is 383 g/mol. The van der Waals surface area contributed by atoms with Crippen LogP contribution in [0, 0.1) is 0 Å². The molecule has 2 aliphatic rings. The number of para-hydroxylation sites is 1. The molecule has 2 bridgehead atoms. The van der Waals surface area contributed by atoms with Gasteiger partial charge in [-0.1, -0.05) is 12.1 Å². The fourth-order valence-corrected chi connectivity index (χ4v) is 4.43. The summed E-state index contributed by atoms with van der Waals surface area (Å²) in [6.07, 6.45) is -0.309. The van der Waals surface area contributed by atoms with Gasteiger partial charge in [-0.3, -0.25) is 4.79 Å². The van der Waals surface area contributed by atoms with Gasteiger partial charge in [-0.15, -0.1) is 24.5 Å². The summed E-state index contributed by atoms with van der Waals surface area (Å²) in [5, 5.41) is 6.75. The topological polar surface area (TPSA) is 63.2 Å². The average Bonchev–Trinajstić information content (AvgIpc) is 3.30. The van der Waals surface area contributed by atoms with Crippen LogP contribution in [-0.2, 0) is 0 Å². The Labute approximate surface area is 151 Å². The molecule has 2 fully saturated rings. The number of hydrogen-bond acceptors (Lipinski definition) is 5. The largest absolute Gasteiger partial charge is 0.573 e. The summed E-state index contributed by atoms with van der Waals surface area (Å²) < 4.78 is 41.7. The number of carbonyl (C=O) groups excluding carboxylic acids is 1. The Balaban J connectivity index is 1.50. The summed E-state index contributed by atoms with van der Waals surface area (Å²) in [4.78, 5) is 16.9. The minimum absolute atomic E-state index is 0.0904. The zero-order chi connectivity index (χ0) is 18.3. The second kappa shape index (κ2) is 6.55. The molecule has 0 spiro atoms. The fraction of sp³-hybridized carbons (Fsp3) is 0.412. The summed E-state index contributed by atoms with van der Waals surface area (Å²) in [6, 6.07) is 6.62. The molecule has 1 amide bonds. The first-order chi connectivity index (χ1) is 12.4. The van der Waals surface area contributed by atoms with E-state index in [1.165, 1.54) is 24.4 Å². The van der Waals surface area contributed by atoms with E-state index in [-0.39, 0.29) is 23.3 Å². The van der Waals surface area contributed by atoms with Gasteiger partial charge in [0.1, 0.15) is 15.6 Å². The Morgan fingerprint density at radius 1 is 1.31 bits per heavy atom. The van der Waals surface area contributed by atoms with Crippen molar-refractivity contribution >= 4 is 17.2 Å². The maximum Gasteiger partial charge on any atom is 0.573 e. The molecule has 26 heavy (non-hydrogen) atoms. The molecular formula is C17H16F3N3O2S. The molecule has 0 aliphatic carbocycles. The van der Waals surface area contributed by atoms with Crippen molar-refractivity contribution < 1.29 is 22.7 Å². The number of amides is 1. The van der Waals surface area contributed by atoms with Crippen LogP contribution in [-0.4, -0.2) is 35.4 Å². The number of aromatic nitrogens is 1. The number of halogens is 3. The standard InChI is InChI=1S/C17H16F3N3O2S/c18-17(19,20)25-13-4-2-1-3-10(13)16-21-8-14(26-16)15(24)23-12-7-9-5-6-11(12)22-9/h1-4,8-9,11-12,22H,5-7H2,(H,23,24)/t9-,11+,12-/m1/s1. The molecule has 0 saturated carbocycles. The van der Waals surface area contributed by atoms with Crippen molar-refractivity contribution in [2.24, 2.45) is 0 Å². The highest BCUT2D eigenvalue weighted by Crippen LogP contribution is 2.36. The zero-order valence-corrected chi connectivity index (χ0v) is 14.4. The van der Waals surface area contributed by atoms with Gasteiger partial charge in [-0.05, 0) is 31.4 Å². The van der Waals surface area contributed by atoms with Crippen LogP contribution in [0.4, 0.5) is 13.2 Å². The van der Waals surface area contributed by atoms with Crippen LogP contribution in [0.1, 0.15) is 28.9 Å². The van der Waals surface area contributed by atoms with E-state index in [4.69, 9.17) is 0 Å². The van der Waals surface area contributed by atoms with Gasteiger partial charge in [0.15, 0.2) is 0 Å². The number of rotatable bonds is 4. The van der Waals surface area contributed by atoms with Crippen LogP contribution >= 0.6 is 11.3 Å². The van der Waals surface area contributed by atoms with Crippen LogP contribution in [0.15, 0.2) is 30.5 Å². The molecule has 3 heterocycles. The maximum absolute atomic E-state index is 12.6. The number of carbonyl (C=O) groups is 1. The van der Waals surface area contributed by atoms with Gasteiger partial charge in [-0.2, -0.15) is 0 Å². The molecule has 4 rings (SSSR count). The fourth-order valence-electron chi connectivity index (χ4n) is 3.58. The van der Waals surface area contributed by atoms with Gasteiger partial charge in [-0.25, -0.2) is 4.98 Å². The minimum Gasteiger partial charge on any atom is -0.405 e. The predicted octanol–water partition coefficient (Wildman–Crippen LogP) is 3.33. The lowest BCUT2D eigenvalue weighted by Crippen LogP contribution is -2.42. The van der Waals surface area contributed by atoms with Crippen molar-refractivity contribution in [3.63, 3.8) is 0 Å². The number of fused-ring (bicyclic) bond motifs is 2. The summed E-state index contributed by atoms with van der Waals surface area (Å²) in [6.45, 7) is 0. The molecule has 138 valence electrons. The van der Waals surface area contributed by atoms with Crippen molar-refractivity contribution in [2.75, 3.05) is 0 Å². The molecule has 1 aromatic carbocycles. The first kappa shape index (κ1) is 17.3. The monoisotopic (exact) mass is 383 g/mol. The van der Waals surface area contributed by atoms with E-state index in [9.17, 15) is 18.0 Å². The van der Waals surface area contributed by atoms with Gasteiger partial charge in [0.25, 0.3) is 5.91 Å². The lowest BCUT2D eigenvalue weighted by atomic mass is 9.95. The van der Waals surface area contributed by atoms with Crippen molar-refractivity contribution in [2.45, 2.75) is 43.8 Å². The first-order valence-corrected chi connectivity index (χ1v) is 9.08. The Morgan fingerprint density at radius 2 is 2.12 bits per heavy atom. The molecule has 2 aromatic rings. The zero-order valence-electron chi connectivity index (χ0n) is 13.5. The van der Waals surface area contributed by atoms with Crippen LogP contribution in [0.3, 0.4) is 0 Å². The number of alkyl halides is 3. The first-order valence-electron chi connectivity index (χ1n) is 8.27. The lowest BCUT2D eigenvalue weighted by Gasteiger charge is -2.20. The van der Waals surface area contributed by atoms with Gasteiger partial charge in [0.05, 0.1) is 11.8 Å². The maximum atomic E-state index is 12.6. The molecular weight excluding hydrogens is 367 g/mol.